The number of aliphatic hydroxyl groups is 2. The summed E-state index contributed by atoms with van der Waals surface area (Å²) in [5, 5.41) is 24.7. The number of nitrogen functional groups attached to an aromatic ring is 1. The van der Waals surface area contributed by atoms with Crippen LogP contribution in [0, 0.1) is 5.82 Å². The number of rotatable bonds is 4. The molecule has 164 valence electrons. The van der Waals surface area contributed by atoms with Crippen molar-refractivity contribution >= 4 is 28.2 Å². The fourth-order valence-electron chi connectivity index (χ4n) is 4.03. The van der Waals surface area contributed by atoms with E-state index < -0.39 is 24.5 Å². The topological polar surface area (TPSA) is 118 Å². The van der Waals surface area contributed by atoms with Crippen molar-refractivity contribution in [3.8, 4) is 11.1 Å². The molecule has 0 bridgehead atoms. The molecule has 1 fully saturated rings. The minimum absolute atomic E-state index is 0.338. The minimum atomic E-state index is -1.13. The summed E-state index contributed by atoms with van der Waals surface area (Å²) in [6, 6.07) is 13.3. The first-order valence-corrected chi connectivity index (χ1v) is 10.2. The Morgan fingerprint density at radius 2 is 1.88 bits per heavy atom. The van der Waals surface area contributed by atoms with Crippen LogP contribution in [0.5, 0.6) is 0 Å². The molecule has 0 amide bonds. The van der Waals surface area contributed by atoms with E-state index in [0.29, 0.717) is 28.2 Å². The van der Waals surface area contributed by atoms with Gasteiger partial charge in [-0.15, -0.1) is 0 Å². The van der Waals surface area contributed by atoms with Crippen molar-refractivity contribution in [2.24, 2.45) is 0 Å². The molecule has 2 aromatic heterocycles. The van der Waals surface area contributed by atoms with Crippen molar-refractivity contribution in [3.05, 3.63) is 66.9 Å². The molecule has 0 unspecified atom stereocenters. The smallest absolute Gasteiger partial charge is 0.164 e. The number of nitrogens with one attached hydrogen (secondary N) is 1. The van der Waals surface area contributed by atoms with E-state index in [1.165, 1.54) is 18.5 Å². The monoisotopic (exact) mass is 435 g/mol. The molecule has 0 saturated carbocycles. The first kappa shape index (κ1) is 20.4. The Morgan fingerprint density at radius 1 is 1.09 bits per heavy atom. The van der Waals surface area contributed by atoms with Gasteiger partial charge in [0.15, 0.2) is 6.23 Å². The Labute approximate surface area is 183 Å². The van der Waals surface area contributed by atoms with Gasteiger partial charge in [-0.2, -0.15) is 0 Å². The number of ether oxygens (including phenoxy) is 1. The van der Waals surface area contributed by atoms with E-state index in [-0.39, 0.29) is 5.82 Å². The fourth-order valence-corrected chi connectivity index (χ4v) is 4.03. The lowest BCUT2D eigenvalue weighted by Crippen LogP contribution is -2.30. The zero-order valence-corrected chi connectivity index (χ0v) is 17.2. The Bertz CT molecular complexity index is 1280. The highest BCUT2D eigenvalue weighted by Crippen LogP contribution is 2.39. The number of anilines is 3. The van der Waals surface area contributed by atoms with E-state index in [4.69, 9.17) is 10.5 Å². The lowest BCUT2D eigenvalue weighted by molar-refractivity contribution is -0.0295. The molecule has 1 saturated heterocycles. The van der Waals surface area contributed by atoms with E-state index in [0.717, 1.165) is 11.1 Å². The summed E-state index contributed by atoms with van der Waals surface area (Å²) in [7, 11) is 0. The van der Waals surface area contributed by atoms with Gasteiger partial charge in [0.05, 0.1) is 11.5 Å². The summed E-state index contributed by atoms with van der Waals surface area (Å²) in [4.78, 5) is 8.85. The number of nitrogens with two attached hydrogens (primary N) is 1. The van der Waals surface area contributed by atoms with E-state index in [9.17, 15) is 14.6 Å². The predicted molar refractivity (Wildman–Crippen MR) is 119 cm³/mol. The van der Waals surface area contributed by atoms with Crippen molar-refractivity contribution in [3.63, 3.8) is 0 Å². The second-order valence-corrected chi connectivity index (χ2v) is 7.84. The molecule has 9 heteroatoms. The van der Waals surface area contributed by atoms with Crippen LogP contribution in [0.15, 0.2) is 61.1 Å². The number of benzene rings is 2. The van der Waals surface area contributed by atoms with E-state index in [1.54, 1.807) is 29.7 Å². The van der Waals surface area contributed by atoms with Crippen molar-refractivity contribution < 1.29 is 19.3 Å². The molecule has 3 heterocycles. The van der Waals surface area contributed by atoms with Crippen molar-refractivity contribution in [1.29, 1.82) is 0 Å². The third-order valence-electron chi connectivity index (χ3n) is 5.67. The second-order valence-electron chi connectivity index (χ2n) is 7.84. The van der Waals surface area contributed by atoms with E-state index >= 15 is 0 Å². The maximum atomic E-state index is 13.4. The van der Waals surface area contributed by atoms with Gasteiger partial charge in [0.1, 0.15) is 35.8 Å². The molecule has 0 spiro atoms. The highest BCUT2D eigenvalue weighted by molar-refractivity contribution is 6.02. The van der Waals surface area contributed by atoms with Crippen LogP contribution in [-0.2, 0) is 4.74 Å². The molecule has 5 rings (SSSR count). The molecule has 32 heavy (non-hydrogen) atoms. The van der Waals surface area contributed by atoms with Gasteiger partial charge in [-0.3, -0.25) is 0 Å². The summed E-state index contributed by atoms with van der Waals surface area (Å²) in [5.74, 6) is 0.161. The molecule has 0 radical (unpaired) electrons. The largest absolute Gasteiger partial charge is 0.399 e. The van der Waals surface area contributed by atoms with Crippen molar-refractivity contribution in [2.75, 3.05) is 11.1 Å². The predicted octanol–water partition coefficient (Wildman–Crippen LogP) is 3.20. The van der Waals surface area contributed by atoms with Crippen LogP contribution in [0.2, 0.25) is 0 Å². The molecule has 4 atom stereocenters. The first-order chi connectivity index (χ1) is 15.4. The lowest BCUT2D eigenvalue weighted by Gasteiger charge is -2.17. The Morgan fingerprint density at radius 3 is 2.56 bits per heavy atom. The highest BCUT2D eigenvalue weighted by Gasteiger charge is 2.42. The fraction of sp³-hybridized carbons (Fsp3) is 0.217. The van der Waals surface area contributed by atoms with E-state index in [1.807, 2.05) is 24.4 Å². The van der Waals surface area contributed by atoms with Gasteiger partial charge in [0, 0.05) is 23.1 Å². The molecule has 0 aliphatic carbocycles. The van der Waals surface area contributed by atoms with Gasteiger partial charge < -0.3 is 30.6 Å². The number of halogens is 1. The van der Waals surface area contributed by atoms with Gasteiger partial charge in [-0.05, 0) is 48.9 Å². The number of fused-ring (bicyclic) bond motifs is 1. The van der Waals surface area contributed by atoms with Crippen LogP contribution < -0.4 is 11.1 Å². The van der Waals surface area contributed by atoms with Gasteiger partial charge >= 0.3 is 0 Å². The molecule has 5 N–H and O–H groups in total. The quantitative estimate of drug-likeness (QED) is 0.364. The van der Waals surface area contributed by atoms with Crippen LogP contribution in [0.4, 0.5) is 21.6 Å². The van der Waals surface area contributed by atoms with Crippen molar-refractivity contribution in [1.82, 2.24) is 14.5 Å². The molecular formula is C23H22FN5O3. The number of hydrogen-bond acceptors (Lipinski definition) is 7. The average Bonchev–Trinajstić information content (AvgIpc) is 3.29. The zero-order chi connectivity index (χ0) is 22.4. The molecule has 1 aliphatic heterocycles. The third-order valence-corrected chi connectivity index (χ3v) is 5.67. The third kappa shape index (κ3) is 3.46. The van der Waals surface area contributed by atoms with Crippen LogP contribution in [0.3, 0.4) is 0 Å². The average molecular weight is 435 g/mol. The minimum Gasteiger partial charge on any atom is -0.399 e. The summed E-state index contributed by atoms with van der Waals surface area (Å²) in [6.07, 6.45) is -0.310. The van der Waals surface area contributed by atoms with Gasteiger partial charge in [-0.25, -0.2) is 14.4 Å². The van der Waals surface area contributed by atoms with Crippen LogP contribution in [0.25, 0.3) is 22.2 Å². The Kier molecular flexibility index (Phi) is 5.01. The van der Waals surface area contributed by atoms with Gasteiger partial charge in [0.25, 0.3) is 0 Å². The summed E-state index contributed by atoms with van der Waals surface area (Å²) in [6.45, 7) is 1.70. The highest BCUT2D eigenvalue weighted by atomic mass is 19.1. The van der Waals surface area contributed by atoms with Crippen LogP contribution in [-0.4, -0.2) is 43.1 Å². The summed E-state index contributed by atoms with van der Waals surface area (Å²) >= 11 is 0. The van der Waals surface area contributed by atoms with Gasteiger partial charge in [0.2, 0.25) is 0 Å². The number of aliphatic hydroxyl groups excluding tert-OH is 2. The Balaban J connectivity index is 1.70. The standard InChI is InChI=1S/C23H22FN5O3/c1-12-19(30)20(31)23(32-12)29-10-17(13-3-2-4-15(25)9-13)18-21(26-11-27-22(18)29)28-16-7-5-14(24)6-8-16/h2-12,19-20,23,30-31H,25H2,1H3,(H,26,27,28)/t12-,19-,20-,23-/m1/s1. The summed E-state index contributed by atoms with van der Waals surface area (Å²) in [5.41, 5.74) is 9.36. The molecule has 4 aromatic rings. The zero-order valence-electron chi connectivity index (χ0n) is 17.2. The summed E-state index contributed by atoms with van der Waals surface area (Å²) < 4.78 is 20.9. The molecule has 8 nitrogen and oxygen atoms in total. The van der Waals surface area contributed by atoms with Gasteiger partial charge in [-0.1, -0.05) is 12.1 Å². The Hall–Kier alpha value is -3.53. The number of nitrogens with zero attached hydrogens (tertiary/aromatic N) is 3. The van der Waals surface area contributed by atoms with E-state index in [2.05, 4.69) is 15.3 Å². The lowest BCUT2D eigenvalue weighted by atomic mass is 10.1. The molecular weight excluding hydrogens is 413 g/mol. The maximum absolute atomic E-state index is 13.4. The second kappa shape index (κ2) is 7.86. The van der Waals surface area contributed by atoms with Crippen LogP contribution >= 0.6 is 0 Å². The maximum Gasteiger partial charge on any atom is 0.164 e. The first-order valence-electron chi connectivity index (χ1n) is 10.2. The number of aromatic nitrogens is 3. The SMILES string of the molecule is C[C@H]1O[C@@H](n2cc(-c3cccc(N)c3)c3c(Nc4ccc(F)cc4)ncnc32)[C@H](O)[C@@H]1O. The van der Waals surface area contributed by atoms with Crippen LogP contribution in [0.1, 0.15) is 13.2 Å². The molecule has 2 aromatic carbocycles. The molecule has 1 aliphatic rings. The normalized spacial score (nSPS) is 23.0. The number of hydrogen-bond donors (Lipinski definition) is 4. The van der Waals surface area contributed by atoms with Crippen molar-refractivity contribution in [2.45, 2.75) is 31.5 Å².